The number of carbonyl (C=O) groups excluding carboxylic acids is 8. The van der Waals surface area contributed by atoms with Crippen LogP contribution in [0.2, 0.25) is 0 Å². The van der Waals surface area contributed by atoms with Crippen LogP contribution in [0.4, 0.5) is 0 Å². The summed E-state index contributed by atoms with van der Waals surface area (Å²) < 4.78 is 43.8. The molecule has 16 heteroatoms. The van der Waals surface area contributed by atoms with E-state index in [0.29, 0.717) is 48.3 Å². The number of esters is 8. The van der Waals surface area contributed by atoms with Crippen LogP contribution in [0.25, 0.3) is 0 Å². The average Bonchev–Trinajstić information content (AvgIpc) is 0.766. The molecule has 500 valence electrons. The minimum absolute atomic E-state index is 0.162. The van der Waals surface area contributed by atoms with Crippen LogP contribution >= 0.6 is 0 Å². The van der Waals surface area contributed by atoms with Gasteiger partial charge in [-0.3, -0.25) is 19.2 Å². The lowest BCUT2D eigenvalue weighted by Gasteiger charge is -2.60. The van der Waals surface area contributed by atoms with E-state index in [4.69, 9.17) is 37.9 Å². The van der Waals surface area contributed by atoms with Crippen LogP contribution in [-0.4, -0.2) is 96.6 Å². The molecule has 0 aromatic rings. The summed E-state index contributed by atoms with van der Waals surface area (Å²) >= 11 is 0. The highest BCUT2D eigenvalue weighted by Crippen LogP contribution is 2.63. The second kappa shape index (κ2) is 30.0. The fraction of sp³-hybridized carbons (Fsp3) is 0.889. The van der Waals surface area contributed by atoms with Gasteiger partial charge in [-0.05, 0) is 273 Å². The van der Waals surface area contributed by atoms with Crippen molar-refractivity contribution < 1.29 is 76.3 Å². The van der Waals surface area contributed by atoms with Crippen molar-refractivity contribution in [3.63, 3.8) is 0 Å². The Morgan fingerprint density at radius 1 is 0.386 bits per heavy atom. The summed E-state index contributed by atoms with van der Waals surface area (Å²) in [6.07, 6.45) is 28.3. The number of hydrogen-bond donors (Lipinski definition) is 0. The highest BCUT2D eigenvalue weighted by Gasteiger charge is 2.61. The molecule has 16 nitrogen and oxygen atoms in total. The van der Waals surface area contributed by atoms with Crippen molar-refractivity contribution in [1.82, 2.24) is 0 Å². The van der Waals surface area contributed by atoms with Gasteiger partial charge in [0.05, 0.1) is 22.7 Å². The first kappa shape index (κ1) is 71.2. The summed E-state index contributed by atoms with van der Waals surface area (Å²) in [5.41, 5.74) is -2.42. The molecule has 2 atom stereocenters. The third kappa shape index (κ3) is 16.9. The van der Waals surface area contributed by atoms with Crippen molar-refractivity contribution in [3.8, 4) is 0 Å². The van der Waals surface area contributed by atoms with E-state index in [9.17, 15) is 38.4 Å². The van der Waals surface area contributed by atoms with Crippen LogP contribution in [0.15, 0.2) is 0 Å². The van der Waals surface area contributed by atoms with E-state index in [-0.39, 0.29) is 102 Å². The summed E-state index contributed by atoms with van der Waals surface area (Å²) in [6.45, 7) is 26.0. The molecule has 13 rings (SSSR count). The van der Waals surface area contributed by atoms with Gasteiger partial charge in [-0.1, -0.05) is 61.8 Å². The van der Waals surface area contributed by atoms with E-state index in [1.807, 2.05) is 76.2 Å². The van der Waals surface area contributed by atoms with Gasteiger partial charge >= 0.3 is 47.8 Å². The maximum Gasteiger partial charge on any atom is 0.344 e. The maximum absolute atomic E-state index is 12.4. The lowest BCUT2D eigenvalue weighted by molar-refractivity contribution is -0.215. The lowest BCUT2D eigenvalue weighted by Crippen LogP contribution is -2.59. The number of hydrogen-bond acceptors (Lipinski definition) is 16. The van der Waals surface area contributed by atoms with Crippen LogP contribution in [0.5, 0.6) is 0 Å². The first-order valence-electron chi connectivity index (χ1n) is 35.0. The van der Waals surface area contributed by atoms with Gasteiger partial charge in [0.15, 0.2) is 26.4 Å². The van der Waals surface area contributed by atoms with Gasteiger partial charge in [-0.15, -0.1) is 0 Å². The molecule has 0 radical (unpaired) electrons. The third-order valence-corrected chi connectivity index (χ3v) is 24.3. The summed E-state index contributed by atoms with van der Waals surface area (Å²) in [5.74, 6) is 4.93. The summed E-state index contributed by atoms with van der Waals surface area (Å²) in [7, 11) is 0. The predicted molar refractivity (Wildman–Crippen MR) is 332 cm³/mol. The Balaban J connectivity index is 0.000000168. The first-order valence-corrected chi connectivity index (χ1v) is 35.0. The van der Waals surface area contributed by atoms with Gasteiger partial charge < -0.3 is 37.9 Å². The fourth-order valence-electron chi connectivity index (χ4n) is 18.2. The minimum Gasteiger partial charge on any atom is -0.457 e. The topological polar surface area (TPSA) is 210 Å². The standard InChI is InChI=1S/C20H32O4.C19H30O4.C18H28O4.C15H26O4/c1-5-19(3,4)18(22)23-12-17(21)24-20(6-2)15-8-13-7-14(10-15)11-16(20)9-13;1-4-12(3)18(21)22-11-17(20)23-19(5-2)15-7-13-6-14(9-15)10-16(19)8-13;1-4-11(2)17(20)21-10-16(19)22-18(3)14-6-12-5-13(8-14)9-15(18)7-12;1-5-14(2,3)13(17)18-11-12(16)19-15(4)9-7-6-8-10-15/h13-16H,5-12H2,1-4H3;12-16H,4-11H2,1-3H3;11-15H,4-10H2,1-3H3;5-11H2,1-4H3. The lowest BCUT2D eigenvalue weighted by atomic mass is 9.49. The molecule has 0 heterocycles. The molecule has 0 saturated heterocycles. The average molecular weight is 1240 g/mol. The minimum atomic E-state index is -0.550. The molecule has 13 saturated carbocycles. The molecule has 12 bridgehead atoms. The maximum atomic E-state index is 12.4. The zero-order chi connectivity index (χ0) is 64.6. The van der Waals surface area contributed by atoms with Crippen LogP contribution in [0.3, 0.4) is 0 Å². The van der Waals surface area contributed by atoms with E-state index in [2.05, 4.69) is 20.8 Å². The summed E-state index contributed by atoms with van der Waals surface area (Å²) in [4.78, 5) is 95.8. The largest absolute Gasteiger partial charge is 0.457 e. The number of ether oxygens (including phenoxy) is 8. The van der Waals surface area contributed by atoms with Crippen molar-refractivity contribution in [2.45, 2.75) is 286 Å². The van der Waals surface area contributed by atoms with Crippen LogP contribution in [0.1, 0.15) is 264 Å². The van der Waals surface area contributed by atoms with Gasteiger partial charge in [-0.25, -0.2) is 19.2 Å². The SMILES string of the molecule is CCC(C)(C)C(=O)OCC(=O)OC1(C)CCCCC1.CCC(C)(C)C(=O)OCC(=O)OC1(CC)C2CC3CC(C2)CC1C3.CCC(C)C(=O)OCC(=O)OC1(C)C2CC3CC(C2)CC1C3.CCC(C)C(=O)OCC(=O)OC1(CC)C2CC3CC(C2)CC1C3. The molecule has 2 unspecified atom stereocenters. The van der Waals surface area contributed by atoms with Gasteiger partial charge in [0.25, 0.3) is 0 Å². The Labute approximate surface area is 528 Å². The van der Waals surface area contributed by atoms with Gasteiger partial charge in [0.1, 0.15) is 22.4 Å². The second-order valence-electron chi connectivity index (χ2n) is 31.1. The van der Waals surface area contributed by atoms with Crippen molar-refractivity contribution in [2.24, 2.45) is 93.7 Å². The molecular weight excluding hydrogens is 1120 g/mol. The molecule has 13 fully saturated rings. The van der Waals surface area contributed by atoms with E-state index >= 15 is 0 Å². The molecule has 13 aliphatic carbocycles. The normalized spacial score (nSPS) is 34.5. The molecule has 88 heavy (non-hydrogen) atoms. The molecule has 0 aromatic carbocycles. The van der Waals surface area contributed by atoms with Crippen LogP contribution < -0.4 is 0 Å². The molecule has 0 N–H and O–H groups in total. The Kier molecular flexibility index (Phi) is 24.3. The quantitative estimate of drug-likeness (QED) is 0.0729. The van der Waals surface area contributed by atoms with Gasteiger partial charge in [0.2, 0.25) is 0 Å². The molecular formula is C72H116O16. The molecule has 0 aliphatic heterocycles. The monoisotopic (exact) mass is 1240 g/mol. The van der Waals surface area contributed by atoms with Crippen molar-refractivity contribution in [1.29, 1.82) is 0 Å². The third-order valence-electron chi connectivity index (χ3n) is 24.3. The predicted octanol–water partition coefficient (Wildman–Crippen LogP) is 14.4. The highest BCUT2D eigenvalue weighted by molar-refractivity contribution is 5.81. The first-order chi connectivity index (χ1) is 41.5. The van der Waals surface area contributed by atoms with E-state index in [1.54, 1.807) is 0 Å². The zero-order valence-corrected chi connectivity index (χ0v) is 56.8. The summed E-state index contributed by atoms with van der Waals surface area (Å²) in [6, 6.07) is 0. The summed E-state index contributed by atoms with van der Waals surface area (Å²) in [5, 5.41) is 0. The van der Waals surface area contributed by atoms with Crippen LogP contribution in [0, 0.1) is 93.7 Å². The Morgan fingerprint density at radius 2 is 0.670 bits per heavy atom. The Hall–Kier alpha value is -4.24. The van der Waals surface area contributed by atoms with E-state index in [1.165, 1.54) is 103 Å². The van der Waals surface area contributed by atoms with Crippen molar-refractivity contribution >= 4 is 47.8 Å². The van der Waals surface area contributed by atoms with Crippen molar-refractivity contribution in [2.75, 3.05) is 26.4 Å². The van der Waals surface area contributed by atoms with Gasteiger partial charge in [-0.2, -0.15) is 0 Å². The fourth-order valence-corrected chi connectivity index (χ4v) is 18.2. The van der Waals surface area contributed by atoms with E-state index in [0.717, 1.165) is 86.9 Å². The van der Waals surface area contributed by atoms with Crippen LogP contribution in [-0.2, 0) is 76.3 Å². The second-order valence-corrected chi connectivity index (χ2v) is 31.1. The van der Waals surface area contributed by atoms with Crippen molar-refractivity contribution in [3.05, 3.63) is 0 Å². The van der Waals surface area contributed by atoms with E-state index < -0.39 is 16.8 Å². The molecule has 0 spiro atoms. The Morgan fingerprint density at radius 3 is 0.966 bits per heavy atom. The molecule has 13 aliphatic rings. The molecule has 0 aromatic heterocycles. The smallest absolute Gasteiger partial charge is 0.344 e. The van der Waals surface area contributed by atoms with Gasteiger partial charge in [0, 0.05) is 0 Å². The number of rotatable bonds is 22. The Bertz CT molecular complexity index is 2330. The highest BCUT2D eigenvalue weighted by atomic mass is 16.6. The zero-order valence-electron chi connectivity index (χ0n) is 56.8. The molecule has 0 amide bonds. The number of carbonyl (C=O) groups is 8.